The fourth-order valence-corrected chi connectivity index (χ4v) is 4.45. The number of alkyl halides is 3. The summed E-state index contributed by atoms with van der Waals surface area (Å²) in [6.45, 7) is 2.44. The Balaban J connectivity index is 1.72. The van der Waals surface area contributed by atoms with Gasteiger partial charge in [-0.1, -0.05) is 31.2 Å². The van der Waals surface area contributed by atoms with Crippen LogP contribution in [0.4, 0.5) is 27.6 Å². The summed E-state index contributed by atoms with van der Waals surface area (Å²) in [7, 11) is -5.64. The molecule has 0 aliphatic rings. The van der Waals surface area contributed by atoms with Crippen LogP contribution in [0.15, 0.2) is 66.7 Å². The summed E-state index contributed by atoms with van der Waals surface area (Å²) in [5.74, 6) is -2.41. The van der Waals surface area contributed by atoms with E-state index in [0.29, 0.717) is 12.6 Å². The van der Waals surface area contributed by atoms with Gasteiger partial charge in [-0.15, -0.1) is 0 Å². The number of nitrogens with one attached hydrogen (secondary N) is 3. The molecular formula is C27H28F5N3O4S. The van der Waals surface area contributed by atoms with Crippen molar-refractivity contribution in [2.45, 2.75) is 44.0 Å². The van der Waals surface area contributed by atoms with E-state index in [1.54, 1.807) is 0 Å². The van der Waals surface area contributed by atoms with E-state index >= 15 is 0 Å². The molecule has 0 saturated heterocycles. The van der Waals surface area contributed by atoms with Gasteiger partial charge in [0.05, 0.1) is 12.1 Å². The molecule has 7 nitrogen and oxygen atoms in total. The van der Waals surface area contributed by atoms with E-state index in [2.05, 4.69) is 10.6 Å². The minimum atomic E-state index is -5.64. The average Bonchev–Trinajstić information content (AvgIpc) is 2.87. The Kier molecular flexibility index (Phi) is 10.2. The van der Waals surface area contributed by atoms with Crippen molar-refractivity contribution in [2.24, 2.45) is 0 Å². The summed E-state index contributed by atoms with van der Waals surface area (Å²) in [6.07, 6.45) is -0.496. The highest BCUT2D eigenvalue weighted by molar-refractivity contribution is 7.93. The predicted molar refractivity (Wildman–Crippen MR) is 140 cm³/mol. The molecule has 0 aliphatic carbocycles. The Morgan fingerprint density at radius 1 is 0.925 bits per heavy atom. The van der Waals surface area contributed by atoms with Gasteiger partial charge in [-0.25, -0.2) is 8.78 Å². The Morgan fingerprint density at radius 2 is 1.55 bits per heavy atom. The Hall–Kier alpha value is -3.55. The predicted octanol–water partition coefficient (Wildman–Crippen LogP) is 4.28. The maximum Gasteiger partial charge on any atom is 0.516 e. The van der Waals surface area contributed by atoms with Crippen molar-refractivity contribution in [3.05, 3.63) is 101 Å². The van der Waals surface area contributed by atoms with Crippen molar-refractivity contribution in [2.75, 3.05) is 11.3 Å². The lowest BCUT2D eigenvalue weighted by Gasteiger charge is -2.25. The third-order valence-electron chi connectivity index (χ3n) is 5.95. The lowest BCUT2D eigenvalue weighted by Crippen LogP contribution is -2.48. The second-order valence-electron chi connectivity index (χ2n) is 9.06. The first-order chi connectivity index (χ1) is 18.8. The quantitative estimate of drug-likeness (QED) is 0.238. The summed E-state index contributed by atoms with van der Waals surface area (Å²) in [5.41, 5.74) is -3.71. The van der Waals surface area contributed by atoms with E-state index in [0.717, 1.165) is 53.9 Å². The largest absolute Gasteiger partial charge is 0.516 e. The van der Waals surface area contributed by atoms with Crippen LogP contribution < -0.4 is 15.4 Å². The number of hydrogen-bond donors (Lipinski definition) is 4. The summed E-state index contributed by atoms with van der Waals surface area (Å²) in [6, 6.07) is 13.7. The first-order valence-corrected chi connectivity index (χ1v) is 13.7. The molecule has 1 amide bonds. The summed E-state index contributed by atoms with van der Waals surface area (Å²) < 4.78 is 89.3. The van der Waals surface area contributed by atoms with E-state index in [1.165, 1.54) is 4.72 Å². The van der Waals surface area contributed by atoms with Crippen LogP contribution in [0.3, 0.4) is 0 Å². The number of benzene rings is 3. The molecule has 0 aliphatic heterocycles. The number of aliphatic hydroxyl groups excluding tert-OH is 1. The molecular weight excluding hydrogens is 557 g/mol. The van der Waals surface area contributed by atoms with Crippen LogP contribution >= 0.6 is 0 Å². The molecule has 0 saturated carbocycles. The highest BCUT2D eigenvalue weighted by atomic mass is 32.2. The van der Waals surface area contributed by atoms with Gasteiger partial charge in [-0.2, -0.15) is 21.6 Å². The molecule has 0 unspecified atom stereocenters. The average molecular weight is 586 g/mol. The summed E-state index contributed by atoms with van der Waals surface area (Å²) in [5, 5.41) is 16.6. The number of anilines is 1. The van der Waals surface area contributed by atoms with Gasteiger partial charge >= 0.3 is 15.5 Å². The second-order valence-corrected chi connectivity index (χ2v) is 10.7. The number of carbonyl (C=O) groups excluding carboxylic acids is 1. The fraction of sp³-hybridized carbons (Fsp3) is 0.296. The van der Waals surface area contributed by atoms with Gasteiger partial charge in [-0.05, 0) is 65.9 Å². The molecule has 0 radical (unpaired) electrons. The Bertz CT molecular complexity index is 1400. The van der Waals surface area contributed by atoms with Gasteiger partial charge in [0.15, 0.2) is 0 Å². The van der Waals surface area contributed by atoms with Gasteiger partial charge in [0.25, 0.3) is 5.91 Å². The summed E-state index contributed by atoms with van der Waals surface area (Å²) in [4.78, 5) is 12.9. The van der Waals surface area contributed by atoms with Gasteiger partial charge in [0, 0.05) is 30.4 Å². The molecule has 0 bridgehead atoms. The van der Waals surface area contributed by atoms with Crippen molar-refractivity contribution >= 4 is 21.6 Å². The standard InChI is InChI=1S/C27H28F5N3O4S/c1-2-17-4-3-5-18(10-17)15-33-16-25(36)24(13-19-11-21(28)14-22(29)12-19)34-26(37)20-6-8-23(9-7-20)35-40(38,39)27(30,31)32/h3-12,14,24-25,33,35-36H,2,13,15-16H2,1H3,(H,34,37)/t24-,25+/m0/s1. The van der Waals surface area contributed by atoms with E-state index in [9.17, 15) is 40.3 Å². The van der Waals surface area contributed by atoms with Gasteiger partial charge in [0.1, 0.15) is 11.6 Å². The number of aliphatic hydroxyl groups is 1. The van der Waals surface area contributed by atoms with E-state index in [-0.39, 0.29) is 24.1 Å². The maximum atomic E-state index is 13.8. The minimum Gasteiger partial charge on any atom is -0.390 e. The number of aryl methyl sites for hydroxylation is 1. The topological polar surface area (TPSA) is 108 Å². The third kappa shape index (κ3) is 8.73. The minimum absolute atomic E-state index is 0.0112. The van der Waals surface area contributed by atoms with E-state index in [4.69, 9.17) is 0 Å². The highest BCUT2D eigenvalue weighted by Crippen LogP contribution is 2.25. The zero-order chi connectivity index (χ0) is 29.5. The van der Waals surface area contributed by atoms with Crippen molar-refractivity contribution < 1.29 is 40.3 Å². The van der Waals surface area contributed by atoms with Crippen LogP contribution in [-0.2, 0) is 29.4 Å². The highest BCUT2D eigenvalue weighted by Gasteiger charge is 2.46. The number of hydrogen-bond acceptors (Lipinski definition) is 5. The third-order valence-corrected chi connectivity index (χ3v) is 7.06. The normalized spacial score (nSPS) is 13.5. The molecule has 4 N–H and O–H groups in total. The van der Waals surface area contributed by atoms with Crippen molar-refractivity contribution in [1.82, 2.24) is 10.6 Å². The van der Waals surface area contributed by atoms with Crippen LogP contribution in [0.2, 0.25) is 0 Å². The van der Waals surface area contributed by atoms with Crippen molar-refractivity contribution in [1.29, 1.82) is 0 Å². The first kappa shape index (κ1) is 31.0. The zero-order valence-electron chi connectivity index (χ0n) is 21.3. The molecule has 13 heteroatoms. The molecule has 3 rings (SSSR count). The zero-order valence-corrected chi connectivity index (χ0v) is 22.1. The molecule has 0 spiro atoms. The Labute approximate surface area is 228 Å². The van der Waals surface area contributed by atoms with E-state index < -0.39 is 50.9 Å². The monoisotopic (exact) mass is 585 g/mol. The maximum absolute atomic E-state index is 13.8. The molecule has 0 aromatic heterocycles. The van der Waals surface area contributed by atoms with Crippen molar-refractivity contribution in [3.63, 3.8) is 0 Å². The number of halogens is 5. The Morgan fingerprint density at radius 3 is 2.15 bits per heavy atom. The van der Waals surface area contributed by atoms with Crippen LogP contribution in [-0.4, -0.2) is 43.6 Å². The molecule has 40 heavy (non-hydrogen) atoms. The van der Waals surface area contributed by atoms with E-state index in [1.807, 2.05) is 31.2 Å². The van der Waals surface area contributed by atoms with Crippen LogP contribution in [0.5, 0.6) is 0 Å². The second kappa shape index (κ2) is 13.2. The molecule has 3 aromatic rings. The smallest absolute Gasteiger partial charge is 0.390 e. The lowest BCUT2D eigenvalue weighted by molar-refractivity contribution is -0.0429. The number of amides is 1. The van der Waals surface area contributed by atoms with Crippen LogP contribution in [0.1, 0.15) is 34.0 Å². The number of carbonyl (C=O) groups is 1. The van der Waals surface area contributed by atoms with Gasteiger partial charge in [-0.3, -0.25) is 9.52 Å². The SMILES string of the molecule is CCc1cccc(CNC[C@@H](O)[C@H](Cc2cc(F)cc(F)c2)NC(=O)c2ccc(NS(=O)(=O)C(F)(F)F)cc2)c1. The number of rotatable bonds is 12. The van der Waals surface area contributed by atoms with Gasteiger partial charge < -0.3 is 15.7 Å². The van der Waals surface area contributed by atoms with Crippen LogP contribution in [0.25, 0.3) is 0 Å². The fourth-order valence-electron chi connectivity index (χ4n) is 3.89. The molecule has 216 valence electrons. The lowest BCUT2D eigenvalue weighted by atomic mass is 10.00. The molecule has 0 heterocycles. The summed E-state index contributed by atoms with van der Waals surface area (Å²) >= 11 is 0. The molecule has 3 aromatic carbocycles. The molecule has 0 fully saturated rings. The van der Waals surface area contributed by atoms with Gasteiger partial charge in [0.2, 0.25) is 0 Å². The molecule has 2 atom stereocenters. The number of sulfonamides is 1. The first-order valence-electron chi connectivity index (χ1n) is 12.2. The van der Waals surface area contributed by atoms with Crippen molar-refractivity contribution in [3.8, 4) is 0 Å². The van der Waals surface area contributed by atoms with Crippen LogP contribution in [0, 0.1) is 11.6 Å².